The largest absolute Gasteiger partial charge is 0.480 e. The molecular weight excluding hydrogens is 222 g/mol. The Balaban J connectivity index is 0.000000249. The summed E-state index contributed by atoms with van der Waals surface area (Å²) in [6.07, 6.45) is 2.62. The molecule has 0 spiro atoms. The van der Waals surface area contributed by atoms with Gasteiger partial charge in [0.15, 0.2) is 11.6 Å². The minimum absolute atomic E-state index is 0.0924. The molecule has 1 aromatic rings. The van der Waals surface area contributed by atoms with Gasteiger partial charge in [0.25, 0.3) is 0 Å². The predicted molar refractivity (Wildman–Crippen MR) is 60.9 cm³/mol. The van der Waals surface area contributed by atoms with E-state index in [1.807, 2.05) is 0 Å². The molecule has 3 N–H and O–H groups in total. The first kappa shape index (κ1) is 12.8. The number of carbonyl (C=O) groups excluding carboxylic acids is 2. The zero-order valence-corrected chi connectivity index (χ0v) is 8.92. The van der Waals surface area contributed by atoms with E-state index in [4.69, 9.17) is 5.11 Å². The van der Waals surface area contributed by atoms with Crippen molar-refractivity contribution >= 4 is 17.5 Å². The number of nitrogens with two attached hydrogens (primary N) is 1. The number of hydrogen-bond donors (Lipinski definition) is 2. The van der Waals surface area contributed by atoms with E-state index in [9.17, 15) is 14.4 Å². The summed E-state index contributed by atoms with van der Waals surface area (Å²) in [7, 11) is 0. The van der Waals surface area contributed by atoms with Gasteiger partial charge in [-0.05, 0) is 12.2 Å². The van der Waals surface area contributed by atoms with Gasteiger partial charge >= 0.3 is 5.97 Å². The smallest absolute Gasteiger partial charge is 0.317 e. The second-order valence-corrected chi connectivity index (χ2v) is 3.21. The summed E-state index contributed by atoms with van der Waals surface area (Å²) in [5.74, 6) is -1.15. The standard InChI is InChI=1S/C10H6O2.C2H5NO2/c11-9-5-6-10(12)8-4-2-1-3-7(8)9;3-1-2(4)5/h1-6H;1,3H2,(H,4,5). The molecule has 0 aliphatic heterocycles. The molecule has 0 radical (unpaired) electrons. The minimum Gasteiger partial charge on any atom is -0.480 e. The van der Waals surface area contributed by atoms with Gasteiger partial charge in [0.05, 0.1) is 6.54 Å². The van der Waals surface area contributed by atoms with Crippen molar-refractivity contribution in [2.45, 2.75) is 0 Å². The summed E-state index contributed by atoms with van der Waals surface area (Å²) >= 11 is 0. The minimum atomic E-state index is -0.968. The summed E-state index contributed by atoms with van der Waals surface area (Å²) < 4.78 is 0. The van der Waals surface area contributed by atoms with Crippen LogP contribution in [0.25, 0.3) is 0 Å². The van der Waals surface area contributed by atoms with Crippen LogP contribution >= 0.6 is 0 Å². The van der Waals surface area contributed by atoms with E-state index in [-0.39, 0.29) is 18.1 Å². The Morgan fingerprint density at radius 3 is 1.71 bits per heavy atom. The fraction of sp³-hybridized carbons (Fsp3) is 0.0833. The maximum absolute atomic E-state index is 11.2. The first-order chi connectivity index (χ1) is 8.06. The Kier molecular flexibility index (Phi) is 4.30. The molecule has 88 valence electrons. The second kappa shape index (κ2) is 5.72. The van der Waals surface area contributed by atoms with Crippen molar-refractivity contribution in [2.24, 2.45) is 5.73 Å². The highest BCUT2D eigenvalue weighted by molar-refractivity contribution is 6.21. The number of carbonyl (C=O) groups is 3. The first-order valence-corrected chi connectivity index (χ1v) is 4.84. The van der Waals surface area contributed by atoms with Crippen molar-refractivity contribution in [3.63, 3.8) is 0 Å². The van der Waals surface area contributed by atoms with E-state index in [0.717, 1.165) is 0 Å². The van der Waals surface area contributed by atoms with Gasteiger partial charge in [-0.3, -0.25) is 14.4 Å². The van der Waals surface area contributed by atoms with E-state index in [0.29, 0.717) is 11.1 Å². The lowest BCUT2D eigenvalue weighted by Gasteiger charge is -2.06. The van der Waals surface area contributed by atoms with Crippen LogP contribution < -0.4 is 5.73 Å². The number of carboxylic acids is 1. The maximum Gasteiger partial charge on any atom is 0.317 e. The molecule has 5 heteroatoms. The first-order valence-electron chi connectivity index (χ1n) is 4.84. The lowest BCUT2D eigenvalue weighted by molar-refractivity contribution is -0.135. The van der Waals surface area contributed by atoms with E-state index >= 15 is 0 Å². The van der Waals surface area contributed by atoms with Gasteiger partial charge in [0.1, 0.15) is 0 Å². The molecule has 0 saturated heterocycles. The predicted octanol–water partition coefficient (Wildman–Crippen LogP) is 0.651. The number of fused-ring (bicyclic) bond motifs is 1. The summed E-state index contributed by atoms with van der Waals surface area (Å²) in [4.78, 5) is 31.6. The van der Waals surface area contributed by atoms with Crippen LogP contribution in [0, 0.1) is 0 Å². The fourth-order valence-corrected chi connectivity index (χ4v) is 1.24. The number of carboxylic acid groups (broad SMARTS) is 1. The Bertz CT molecular complexity index is 454. The molecule has 0 atom stereocenters. The highest BCUT2D eigenvalue weighted by atomic mass is 16.4. The summed E-state index contributed by atoms with van der Waals surface area (Å²) in [6.45, 7) is -0.278. The highest BCUT2D eigenvalue weighted by Crippen LogP contribution is 2.15. The summed E-state index contributed by atoms with van der Waals surface area (Å²) in [5, 5.41) is 7.60. The van der Waals surface area contributed by atoms with Gasteiger partial charge in [-0.1, -0.05) is 24.3 Å². The van der Waals surface area contributed by atoms with Crippen LogP contribution in [0.4, 0.5) is 0 Å². The monoisotopic (exact) mass is 233 g/mol. The zero-order valence-electron chi connectivity index (χ0n) is 8.92. The lowest BCUT2D eigenvalue weighted by Crippen LogP contribution is -2.10. The second-order valence-electron chi connectivity index (χ2n) is 3.21. The zero-order chi connectivity index (χ0) is 12.8. The molecule has 0 amide bonds. The number of benzene rings is 1. The number of rotatable bonds is 1. The molecule has 0 heterocycles. The Labute approximate surface area is 97.6 Å². The van der Waals surface area contributed by atoms with Crippen molar-refractivity contribution in [2.75, 3.05) is 6.54 Å². The Morgan fingerprint density at radius 2 is 1.41 bits per heavy atom. The molecule has 0 unspecified atom stereocenters. The van der Waals surface area contributed by atoms with Crippen LogP contribution in [-0.2, 0) is 4.79 Å². The third-order valence-electron chi connectivity index (χ3n) is 2.02. The van der Waals surface area contributed by atoms with Crippen LogP contribution in [0.5, 0.6) is 0 Å². The van der Waals surface area contributed by atoms with Gasteiger partial charge in [-0.15, -0.1) is 0 Å². The van der Waals surface area contributed by atoms with Gasteiger partial charge in [-0.25, -0.2) is 0 Å². The van der Waals surface area contributed by atoms with Gasteiger partial charge in [0, 0.05) is 11.1 Å². The van der Waals surface area contributed by atoms with E-state index in [1.54, 1.807) is 24.3 Å². The van der Waals surface area contributed by atoms with Crippen LogP contribution in [0.1, 0.15) is 20.7 Å². The molecular formula is C12H11NO4. The van der Waals surface area contributed by atoms with Crippen molar-refractivity contribution in [3.05, 3.63) is 47.5 Å². The average molecular weight is 233 g/mol. The molecule has 1 aliphatic carbocycles. The van der Waals surface area contributed by atoms with Crippen LogP contribution in [0.2, 0.25) is 0 Å². The molecule has 0 saturated carbocycles. The molecule has 2 rings (SSSR count). The quantitative estimate of drug-likeness (QED) is 0.742. The lowest BCUT2D eigenvalue weighted by atomic mass is 9.95. The van der Waals surface area contributed by atoms with Crippen LogP contribution in [0.3, 0.4) is 0 Å². The SMILES string of the molecule is NCC(=O)O.O=C1C=CC(=O)c2ccccc21. The van der Waals surface area contributed by atoms with E-state index in [1.165, 1.54) is 12.2 Å². The van der Waals surface area contributed by atoms with Crippen molar-refractivity contribution < 1.29 is 19.5 Å². The molecule has 0 fully saturated rings. The third-order valence-corrected chi connectivity index (χ3v) is 2.02. The summed E-state index contributed by atoms with van der Waals surface area (Å²) in [6, 6.07) is 6.84. The average Bonchev–Trinajstić information content (AvgIpc) is 2.35. The third kappa shape index (κ3) is 3.35. The van der Waals surface area contributed by atoms with Crippen LogP contribution in [-0.4, -0.2) is 29.2 Å². The van der Waals surface area contributed by atoms with E-state index < -0.39 is 5.97 Å². The Hall–Kier alpha value is -2.27. The van der Waals surface area contributed by atoms with Gasteiger partial charge in [0.2, 0.25) is 0 Å². The topological polar surface area (TPSA) is 97.5 Å². The number of ketones is 2. The van der Waals surface area contributed by atoms with Gasteiger partial charge in [-0.2, -0.15) is 0 Å². The number of hydrogen-bond acceptors (Lipinski definition) is 4. The molecule has 17 heavy (non-hydrogen) atoms. The summed E-state index contributed by atoms with van der Waals surface area (Å²) in [5.41, 5.74) is 5.58. The molecule has 0 aromatic heterocycles. The van der Waals surface area contributed by atoms with Crippen LogP contribution in [0.15, 0.2) is 36.4 Å². The van der Waals surface area contributed by atoms with Crippen molar-refractivity contribution in [3.8, 4) is 0 Å². The molecule has 5 nitrogen and oxygen atoms in total. The van der Waals surface area contributed by atoms with Crippen molar-refractivity contribution in [1.29, 1.82) is 0 Å². The number of aliphatic carboxylic acids is 1. The highest BCUT2D eigenvalue weighted by Gasteiger charge is 2.16. The maximum atomic E-state index is 11.2. The number of allylic oxidation sites excluding steroid dienone is 2. The Morgan fingerprint density at radius 1 is 1.06 bits per heavy atom. The normalized spacial score (nSPS) is 12.5. The van der Waals surface area contributed by atoms with E-state index in [2.05, 4.69) is 5.73 Å². The molecule has 1 aromatic carbocycles. The molecule has 0 bridgehead atoms. The van der Waals surface area contributed by atoms with Crippen molar-refractivity contribution in [1.82, 2.24) is 0 Å². The fourth-order valence-electron chi connectivity index (χ4n) is 1.24. The molecule has 1 aliphatic rings. The van der Waals surface area contributed by atoms with Gasteiger partial charge < -0.3 is 10.8 Å².